The Kier molecular flexibility index (Phi) is 5.22. The SMILES string of the molecule is CC(NC(=O)Nc1ccc(N2CCOCC2)nc1)c1ccccn1. The molecule has 1 fully saturated rings. The lowest BCUT2D eigenvalue weighted by Crippen LogP contribution is -2.36. The molecule has 7 heteroatoms. The van der Waals surface area contributed by atoms with Crippen molar-refractivity contribution < 1.29 is 9.53 Å². The number of morpholine rings is 1. The molecule has 2 amide bonds. The molecule has 1 aliphatic rings. The average molecular weight is 327 g/mol. The summed E-state index contributed by atoms with van der Waals surface area (Å²) in [6, 6.07) is 8.92. The number of carbonyl (C=O) groups is 1. The number of nitrogens with zero attached hydrogens (tertiary/aromatic N) is 3. The van der Waals surface area contributed by atoms with E-state index in [2.05, 4.69) is 25.5 Å². The maximum atomic E-state index is 12.1. The zero-order valence-electron chi connectivity index (χ0n) is 13.6. The fraction of sp³-hybridized carbons (Fsp3) is 0.353. The molecule has 2 N–H and O–H groups in total. The Hall–Kier alpha value is -2.67. The van der Waals surface area contributed by atoms with Gasteiger partial charge in [-0.2, -0.15) is 0 Å². The molecular weight excluding hydrogens is 306 g/mol. The quantitative estimate of drug-likeness (QED) is 0.900. The summed E-state index contributed by atoms with van der Waals surface area (Å²) in [6.07, 6.45) is 3.37. The minimum Gasteiger partial charge on any atom is -0.378 e. The van der Waals surface area contributed by atoms with E-state index in [0.29, 0.717) is 5.69 Å². The number of hydrogen-bond donors (Lipinski definition) is 2. The van der Waals surface area contributed by atoms with Crippen LogP contribution in [-0.2, 0) is 4.74 Å². The zero-order valence-corrected chi connectivity index (χ0v) is 13.6. The second-order valence-corrected chi connectivity index (χ2v) is 5.58. The number of rotatable bonds is 4. The average Bonchev–Trinajstić information content (AvgIpc) is 2.64. The summed E-state index contributed by atoms with van der Waals surface area (Å²) in [4.78, 5) is 22.9. The molecule has 7 nitrogen and oxygen atoms in total. The van der Waals surface area contributed by atoms with Crippen molar-refractivity contribution in [1.29, 1.82) is 0 Å². The molecule has 0 saturated carbocycles. The van der Waals surface area contributed by atoms with Gasteiger partial charge in [0.1, 0.15) is 5.82 Å². The first-order valence-electron chi connectivity index (χ1n) is 7.99. The van der Waals surface area contributed by atoms with Gasteiger partial charge in [-0.25, -0.2) is 9.78 Å². The minimum absolute atomic E-state index is 0.174. The van der Waals surface area contributed by atoms with E-state index in [0.717, 1.165) is 37.8 Å². The third-order valence-electron chi connectivity index (χ3n) is 3.82. The van der Waals surface area contributed by atoms with Crippen LogP contribution in [0, 0.1) is 0 Å². The maximum Gasteiger partial charge on any atom is 0.319 e. The van der Waals surface area contributed by atoms with E-state index >= 15 is 0 Å². The van der Waals surface area contributed by atoms with Crippen LogP contribution in [0.1, 0.15) is 18.7 Å². The summed E-state index contributed by atoms with van der Waals surface area (Å²) in [5.41, 5.74) is 1.46. The van der Waals surface area contributed by atoms with Gasteiger partial charge in [-0.05, 0) is 31.2 Å². The monoisotopic (exact) mass is 327 g/mol. The molecule has 0 aromatic carbocycles. The Labute approximate surface area is 141 Å². The lowest BCUT2D eigenvalue weighted by atomic mass is 10.2. The van der Waals surface area contributed by atoms with Crippen LogP contribution in [0.2, 0.25) is 0 Å². The molecule has 2 aromatic rings. The van der Waals surface area contributed by atoms with Gasteiger partial charge in [-0.15, -0.1) is 0 Å². The van der Waals surface area contributed by atoms with E-state index in [1.165, 1.54) is 0 Å². The molecular formula is C17H21N5O2. The Bertz CT molecular complexity index is 656. The first-order valence-corrected chi connectivity index (χ1v) is 7.99. The molecule has 1 unspecified atom stereocenters. The van der Waals surface area contributed by atoms with Crippen LogP contribution in [0.3, 0.4) is 0 Å². The van der Waals surface area contributed by atoms with E-state index in [4.69, 9.17) is 4.74 Å². The van der Waals surface area contributed by atoms with Crippen molar-refractivity contribution in [2.24, 2.45) is 0 Å². The molecule has 126 valence electrons. The highest BCUT2D eigenvalue weighted by Gasteiger charge is 2.13. The van der Waals surface area contributed by atoms with Crippen LogP contribution in [-0.4, -0.2) is 42.3 Å². The molecule has 0 aliphatic carbocycles. The van der Waals surface area contributed by atoms with Gasteiger partial charge in [0.25, 0.3) is 0 Å². The topological polar surface area (TPSA) is 79.4 Å². The molecule has 2 aromatic heterocycles. The van der Waals surface area contributed by atoms with Gasteiger partial charge in [-0.1, -0.05) is 6.07 Å². The van der Waals surface area contributed by atoms with E-state index in [1.54, 1.807) is 12.4 Å². The van der Waals surface area contributed by atoms with Crippen molar-refractivity contribution in [2.75, 3.05) is 36.5 Å². The normalized spacial score (nSPS) is 15.6. The summed E-state index contributed by atoms with van der Waals surface area (Å²) in [5, 5.41) is 5.64. The van der Waals surface area contributed by atoms with Crippen LogP contribution in [0.5, 0.6) is 0 Å². The first kappa shape index (κ1) is 16.2. The van der Waals surface area contributed by atoms with Crippen molar-refractivity contribution in [2.45, 2.75) is 13.0 Å². The fourth-order valence-electron chi connectivity index (χ4n) is 2.51. The molecule has 0 bridgehead atoms. The molecule has 0 radical (unpaired) electrons. The van der Waals surface area contributed by atoms with Crippen molar-refractivity contribution in [3.05, 3.63) is 48.4 Å². The second-order valence-electron chi connectivity index (χ2n) is 5.58. The molecule has 1 atom stereocenters. The minimum atomic E-state index is -0.283. The summed E-state index contributed by atoms with van der Waals surface area (Å²) >= 11 is 0. The number of ether oxygens (including phenoxy) is 1. The lowest BCUT2D eigenvalue weighted by Gasteiger charge is -2.27. The summed E-state index contributed by atoms with van der Waals surface area (Å²) < 4.78 is 5.33. The van der Waals surface area contributed by atoms with Crippen LogP contribution in [0.4, 0.5) is 16.3 Å². The smallest absolute Gasteiger partial charge is 0.319 e. The number of hydrogen-bond acceptors (Lipinski definition) is 5. The standard InChI is InChI=1S/C17H21N5O2/c1-13(15-4-2-3-7-18-15)20-17(23)21-14-5-6-16(19-12-14)22-8-10-24-11-9-22/h2-7,12-13H,8-11H2,1H3,(H2,20,21,23). The number of urea groups is 1. The van der Waals surface area contributed by atoms with Crippen LogP contribution < -0.4 is 15.5 Å². The first-order chi connectivity index (χ1) is 11.7. The Balaban J connectivity index is 1.54. The third kappa shape index (κ3) is 4.20. The Morgan fingerprint density at radius 3 is 2.71 bits per heavy atom. The Morgan fingerprint density at radius 1 is 1.21 bits per heavy atom. The molecule has 0 spiro atoms. The predicted molar refractivity (Wildman–Crippen MR) is 92.1 cm³/mol. The van der Waals surface area contributed by atoms with Crippen molar-refractivity contribution in [3.8, 4) is 0 Å². The maximum absolute atomic E-state index is 12.1. The van der Waals surface area contributed by atoms with E-state index in [1.807, 2.05) is 37.3 Å². The number of pyridine rings is 2. The third-order valence-corrected chi connectivity index (χ3v) is 3.82. The number of anilines is 2. The molecule has 3 heterocycles. The number of amides is 2. The van der Waals surface area contributed by atoms with E-state index < -0.39 is 0 Å². The fourth-order valence-corrected chi connectivity index (χ4v) is 2.51. The lowest BCUT2D eigenvalue weighted by molar-refractivity contribution is 0.122. The summed E-state index contributed by atoms with van der Waals surface area (Å²) in [7, 11) is 0. The second kappa shape index (κ2) is 7.74. The van der Waals surface area contributed by atoms with Gasteiger partial charge < -0.3 is 20.3 Å². The van der Waals surface area contributed by atoms with Gasteiger partial charge in [0.05, 0.1) is 36.8 Å². The van der Waals surface area contributed by atoms with Crippen molar-refractivity contribution >= 4 is 17.5 Å². The highest BCUT2D eigenvalue weighted by molar-refractivity contribution is 5.89. The molecule has 3 rings (SSSR count). The highest BCUT2D eigenvalue weighted by Crippen LogP contribution is 2.16. The highest BCUT2D eigenvalue weighted by atomic mass is 16.5. The predicted octanol–water partition coefficient (Wildman–Crippen LogP) is 2.20. The van der Waals surface area contributed by atoms with E-state index in [-0.39, 0.29) is 12.1 Å². The van der Waals surface area contributed by atoms with Crippen LogP contribution in [0.25, 0.3) is 0 Å². The number of aromatic nitrogens is 2. The summed E-state index contributed by atoms with van der Waals surface area (Å²) in [5.74, 6) is 0.895. The zero-order chi connectivity index (χ0) is 16.8. The molecule has 24 heavy (non-hydrogen) atoms. The van der Waals surface area contributed by atoms with Gasteiger partial charge in [0.15, 0.2) is 0 Å². The molecule has 1 aliphatic heterocycles. The van der Waals surface area contributed by atoms with Gasteiger partial charge in [0, 0.05) is 19.3 Å². The summed E-state index contributed by atoms with van der Waals surface area (Å²) in [6.45, 7) is 5.00. The van der Waals surface area contributed by atoms with Gasteiger partial charge >= 0.3 is 6.03 Å². The van der Waals surface area contributed by atoms with Gasteiger partial charge in [0.2, 0.25) is 0 Å². The van der Waals surface area contributed by atoms with Gasteiger partial charge in [-0.3, -0.25) is 4.98 Å². The number of carbonyl (C=O) groups excluding carboxylic acids is 1. The van der Waals surface area contributed by atoms with Crippen LogP contribution in [0.15, 0.2) is 42.7 Å². The van der Waals surface area contributed by atoms with Crippen molar-refractivity contribution in [3.63, 3.8) is 0 Å². The largest absolute Gasteiger partial charge is 0.378 e. The van der Waals surface area contributed by atoms with E-state index in [9.17, 15) is 4.79 Å². The Morgan fingerprint density at radius 2 is 2.04 bits per heavy atom. The molecule has 1 saturated heterocycles. The van der Waals surface area contributed by atoms with Crippen LogP contribution >= 0.6 is 0 Å². The van der Waals surface area contributed by atoms with Crippen molar-refractivity contribution in [1.82, 2.24) is 15.3 Å². The number of nitrogens with one attached hydrogen (secondary N) is 2.